The third-order valence-corrected chi connectivity index (χ3v) is 5.98. The highest BCUT2D eigenvalue weighted by Crippen LogP contribution is 2.35. The predicted molar refractivity (Wildman–Crippen MR) is 106 cm³/mol. The summed E-state index contributed by atoms with van der Waals surface area (Å²) in [7, 11) is 0. The molecule has 0 unspecified atom stereocenters. The number of carbonyl (C=O) groups is 3. The Balaban J connectivity index is 1.60. The van der Waals surface area contributed by atoms with E-state index in [4.69, 9.17) is 10.3 Å². The maximum Gasteiger partial charge on any atom is 0.404 e. The van der Waals surface area contributed by atoms with Crippen molar-refractivity contribution < 1.29 is 24.7 Å². The molecule has 158 valence electrons. The second kappa shape index (κ2) is 9.60. The number of carboxylic acid groups (broad SMARTS) is 1. The van der Waals surface area contributed by atoms with Gasteiger partial charge in [-0.05, 0) is 37.3 Å². The highest BCUT2D eigenvalue weighted by Gasteiger charge is 2.41. The molecule has 1 heterocycles. The minimum absolute atomic E-state index is 0.0348. The molecule has 1 saturated carbocycles. The van der Waals surface area contributed by atoms with Crippen molar-refractivity contribution in [2.75, 3.05) is 37.6 Å². The molecule has 3 amide bonds. The van der Waals surface area contributed by atoms with Crippen molar-refractivity contribution in [1.82, 2.24) is 15.7 Å². The standard InChI is InChI=1S/C20H28N4O5/c25-18(22-29)17-12-14(13-21-20(27)28)6-7-16(17)19(26)24-10-8-23(9-11-24)15-4-2-1-3-5-15/h1-5,14,16-17,21,29H,6-13H2,(H,22,25)(H,27,28)/t14-,16-,17-/m0/s1. The minimum atomic E-state index is -1.11. The van der Waals surface area contributed by atoms with Crippen molar-refractivity contribution in [3.05, 3.63) is 30.3 Å². The summed E-state index contributed by atoms with van der Waals surface area (Å²) in [5, 5.41) is 20.2. The second-order valence-corrected chi connectivity index (χ2v) is 7.70. The summed E-state index contributed by atoms with van der Waals surface area (Å²) in [6.45, 7) is 2.86. The van der Waals surface area contributed by atoms with Crippen LogP contribution >= 0.6 is 0 Å². The molecule has 3 atom stereocenters. The molecule has 9 heteroatoms. The number of rotatable bonds is 5. The molecule has 2 aliphatic rings. The summed E-state index contributed by atoms with van der Waals surface area (Å²) in [6.07, 6.45) is 0.424. The number of nitrogens with zero attached hydrogens (tertiary/aromatic N) is 2. The molecule has 1 aromatic carbocycles. The smallest absolute Gasteiger partial charge is 0.404 e. The maximum atomic E-state index is 13.1. The summed E-state index contributed by atoms with van der Waals surface area (Å²) in [5.74, 6) is -1.82. The number of carbonyl (C=O) groups excluding carboxylic acids is 2. The molecule has 3 rings (SSSR count). The zero-order valence-electron chi connectivity index (χ0n) is 16.3. The number of piperazine rings is 1. The number of para-hydroxylation sites is 1. The average Bonchev–Trinajstić information content (AvgIpc) is 2.77. The zero-order valence-corrected chi connectivity index (χ0v) is 16.3. The van der Waals surface area contributed by atoms with Crippen LogP contribution in [0.5, 0.6) is 0 Å². The summed E-state index contributed by atoms with van der Waals surface area (Å²) >= 11 is 0. The Morgan fingerprint density at radius 3 is 2.31 bits per heavy atom. The number of hydrogen-bond acceptors (Lipinski definition) is 5. The average molecular weight is 404 g/mol. The molecule has 0 bridgehead atoms. The molecular weight excluding hydrogens is 376 g/mol. The second-order valence-electron chi connectivity index (χ2n) is 7.70. The van der Waals surface area contributed by atoms with Crippen LogP contribution in [0.4, 0.5) is 10.5 Å². The van der Waals surface area contributed by atoms with Gasteiger partial charge in [0.25, 0.3) is 0 Å². The Morgan fingerprint density at radius 1 is 1.00 bits per heavy atom. The molecule has 2 fully saturated rings. The van der Waals surface area contributed by atoms with Gasteiger partial charge in [0.2, 0.25) is 11.8 Å². The van der Waals surface area contributed by atoms with E-state index in [1.54, 1.807) is 10.4 Å². The molecule has 1 saturated heterocycles. The monoisotopic (exact) mass is 404 g/mol. The number of hydroxylamine groups is 1. The fourth-order valence-electron chi connectivity index (χ4n) is 4.40. The summed E-state index contributed by atoms with van der Waals surface area (Å²) < 4.78 is 0. The fraction of sp³-hybridized carbons (Fsp3) is 0.550. The Kier molecular flexibility index (Phi) is 6.92. The van der Waals surface area contributed by atoms with Gasteiger partial charge in [0.05, 0.1) is 5.92 Å². The van der Waals surface area contributed by atoms with Gasteiger partial charge in [-0.15, -0.1) is 0 Å². The van der Waals surface area contributed by atoms with E-state index >= 15 is 0 Å². The Bertz CT molecular complexity index is 721. The van der Waals surface area contributed by atoms with Gasteiger partial charge in [0, 0.05) is 44.3 Å². The third kappa shape index (κ3) is 5.17. The Hall–Kier alpha value is -2.81. The van der Waals surface area contributed by atoms with Crippen LogP contribution < -0.4 is 15.7 Å². The maximum absolute atomic E-state index is 13.1. The largest absolute Gasteiger partial charge is 0.465 e. The molecule has 0 spiro atoms. The van der Waals surface area contributed by atoms with Gasteiger partial charge in [-0.2, -0.15) is 0 Å². The van der Waals surface area contributed by atoms with Gasteiger partial charge in [-0.3, -0.25) is 14.8 Å². The normalized spacial score (nSPS) is 24.7. The number of anilines is 1. The fourth-order valence-corrected chi connectivity index (χ4v) is 4.40. The summed E-state index contributed by atoms with van der Waals surface area (Å²) in [4.78, 5) is 40.1. The van der Waals surface area contributed by atoms with E-state index in [-0.39, 0.29) is 18.4 Å². The quantitative estimate of drug-likeness (QED) is 0.431. The Labute approximate surface area is 169 Å². The van der Waals surface area contributed by atoms with Crippen molar-refractivity contribution in [1.29, 1.82) is 0 Å². The first-order chi connectivity index (χ1) is 14.0. The number of amides is 3. The lowest BCUT2D eigenvalue weighted by molar-refractivity contribution is -0.148. The topological polar surface area (TPSA) is 122 Å². The van der Waals surface area contributed by atoms with E-state index in [2.05, 4.69) is 10.2 Å². The molecule has 1 aromatic rings. The van der Waals surface area contributed by atoms with Crippen LogP contribution in [-0.2, 0) is 9.59 Å². The van der Waals surface area contributed by atoms with E-state index < -0.39 is 23.8 Å². The van der Waals surface area contributed by atoms with Gasteiger partial charge in [-0.1, -0.05) is 18.2 Å². The first kappa shape index (κ1) is 20.9. The van der Waals surface area contributed by atoms with Crippen molar-refractivity contribution in [3.63, 3.8) is 0 Å². The zero-order chi connectivity index (χ0) is 20.8. The first-order valence-electron chi connectivity index (χ1n) is 9.99. The lowest BCUT2D eigenvalue weighted by Gasteiger charge is -2.40. The molecular formula is C20H28N4O5. The van der Waals surface area contributed by atoms with E-state index in [0.717, 1.165) is 18.8 Å². The predicted octanol–water partition coefficient (Wildman–Crippen LogP) is 1.14. The Morgan fingerprint density at radius 2 is 1.69 bits per heavy atom. The van der Waals surface area contributed by atoms with Gasteiger partial charge >= 0.3 is 6.09 Å². The number of hydrogen-bond donors (Lipinski definition) is 4. The van der Waals surface area contributed by atoms with Crippen LogP contribution in [-0.4, -0.2) is 65.8 Å². The lowest BCUT2D eigenvalue weighted by atomic mass is 9.73. The highest BCUT2D eigenvalue weighted by atomic mass is 16.5. The lowest BCUT2D eigenvalue weighted by Crippen LogP contribution is -2.53. The van der Waals surface area contributed by atoms with E-state index in [1.807, 2.05) is 30.3 Å². The molecule has 1 aliphatic heterocycles. The molecule has 1 aliphatic carbocycles. The van der Waals surface area contributed by atoms with E-state index in [9.17, 15) is 14.4 Å². The number of benzene rings is 1. The van der Waals surface area contributed by atoms with E-state index in [0.29, 0.717) is 32.4 Å². The van der Waals surface area contributed by atoms with E-state index in [1.165, 1.54) is 0 Å². The third-order valence-electron chi connectivity index (χ3n) is 5.98. The van der Waals surface area contributed by atoms with Gasteiger partial charge < -0.3 is 20.2 Å². The van der Waals surface area contributed by atoms with Crippen molar-refractivity contribution in [2.45, 2.75) is 19.3 Å². The van der Waals surface area contributed by atoms with Crippen LogP contribution in [0.25, 0.3) is 0 Å². The van der Waals surface area contributed by atoms with Gasteiger partial charge in [0.1, 0.15) is 0 Å². The summed E-state index contributed by atoms with van der Waals surface area (Å²) in [5.41, 5.74) is 2.81. The van der Waals surface area contributed by atoms with Crippen molar-refractivity contribution >= 4 is 23.6 Å². The molecule has 4 N–H and O–H groups in total. The van der Waals surface area contributed by atoms with Crippen molar-refractivity contribution in [3.8, 4) is 0 Å². The minimum Gasteiger partial charge on any atom is -0.465 e. The van der Waals surface area contributed by atoms with Crippen LogP contribution in [0, 0.1) is 17.8 Å². The van der Waals surface area contributed by atoms with Gasteiger partial charge in [-0.25, -0.2) is 10.3 Å². The van der Waals surface area contributed by atoms with Crippen molar-refractivity contribution in [2.24, 2.45) is 17.8 Å². The van der Waals surface area contributed by atoms with Crippen LogP contribution in [0.15, 0.2) is 30.3 Å². The van der Waals surface area contributed by atoms with Crippen LogP contribution in [0.1, 0.15) is 19.3 Å². The summed E-state index contributed by atoms with van der Waals surface area (Å²) in [6, 6.07) is 10.0. The highest BCUT2D eigenvalue weighted by molar-refractivity contribution is 5.87. The molecule has 9 nitrogen and oxygen atoms in total. The number of nitrogens with one attached hydrogen (secondary N) is 2. The first-order valence-corrected chi connectivity index (χ1v) is 9.99. The van der Waals surface area contributed by atoms with Gasteiger partial charge in [0.15, 0.2) is 0 Å². The SMILES string of the molecule is O=C(O)NC[C@H]1CC[C@H](C(=O)N2CCN(c3ccccc3)CC2)[C@@H](C(=O)NO)C1. The van der Waals surface area contributed by atoms with Crippen LogP contribution in [0.2, 0.25) is 0 Å². The van der Waals surface area contributed by atoms with Crippen LogP contribution in [0.3, 0.4) is 0 Å². The molecule has 0 radical (unpaired) electrons. The molecule has 0 aromatic heterocycles. The molecule has 29 heavy (non-hydrogen) atoms.